The van der Waals surface area contributed by atoms with Crippen LogP contribution in [0, 0.1) is 10.8 Å². The molecule has 1 heterocycles. The van der Waals surface area contributed by atoms with Crippen molar-refractivity contribution in [2.75, 3.05) is 13.1 Å². The van der Waals surface area contributed by atoms with Crippen molar-refractivity contribution in [1.82, 2.24) is 14.7 Å². The summed E-state index contributed by atoms with van der Waals surface area (Å²) in [7, 11) is 0. The molecule has 3 rings (SSSR count). The normalized spacial score (nSPS) is 20.1. The van der Waals surface area contributed by atoms with E-state index < -0.39 is 80.8 Å². The molecule has 1 fully saturated rings. The number of rotatable bonds is 7. The lowest BCUT2D eigenvalue weighted by atomic mass is 9.74. The number of aromatic nitrogens is 2. The zero-order valence-electron chi connectivity index (χ0n) is 22.8. The number of Topliss-reactive ketones (excluding diaryl/α,β-unsaturated/α-hetero) is 1. The summed E-state index contributed by atoms with van der Waals surface area (Å²) < 4.78 is 84.6. The molecule has 0 saturated heterocycles. The highest BCUT2D eigenvalue weighted by molar-refractivity contribution is 6.34. The molecular formula is C27H30ClF6N3O4. The van der Waals surface area contributed by atoms with E-state index in [1.165, 1.54) is 6.92 Å². The average Bonchev–Trinajstić information content (AvgIpc) is 3.28. The van der Waals surface area contributed by atoms with Gasteiger partial charge in [0.25, 0.3) is 5.91 Å². The highest BCUT2D eigenvalue weighted by Crippen LogP contribution is 2.44. The van der Waals surface area contributed by atoms with Gasteiger partial charge in [0.05, 0.1) is 45.9 Å². The highest BCUT2D eigenvalue weighted by atomic mass is 35.5. The maximum atomic E-state index is 14.4. The van der Waals surface area contributed by atoms with Crippen molar-refractivity contribution < 1.29 is 45.8 Å². The van der Waals surface area contributed by atoms with Gasteiger partial charge in [-0.05, 0) is 50.2 Å². The van der Waals surface area contributed by atoms with E-state index in [9.17, 15) is 45.8 Å². The first kappa shape index (κ1) is 32.4. The molecule has 0 unspecified atom stereocenters. The summed E-state index contributed by atoms with van der Waals surface area (Å²) in [5, 5.41) is 12.8. The minimum absolute atomic E-state index is 0.0676. The van der Waals surface area contributed by atoms with Crippen LogP contribution in [0.4, 0.5) is 26.3 Å². The predicted octanol–water partition coefficient (Wildman–Crippen LogP) is 7.15. The summed E-state index contributed by atoms with van der Waals surface area (Å²) in [6, 6.07) is 1.90. The quantitative estimate of drug-likeness (QED) is 0.266. The zero-order valence-corrected chi connectivity index (χ0v) is 23.5. The van der Waals surface area contributed by atoms with Gasteiger partial charge < -0.3 is 10.0 Å². The molecule has 1 N–H and O–H groups in total. The topological polar surface area (TPSA) is 92.5 Å². The fourth-order valence-corrected chi connectivity index (χ4v) is 5.29. The standard InChI is InChI=1S/C27H30ClF6N3O4/c1-24(2,3)14-36(13-19(38)20-17(26(29,30)31)6-5-7-18(20)28)22(39)16-12-35-37(21(16)27(32,33)34)15-8-10-25(4,11-9-15)23(40)41/h5-7,12,15H,8-11,13-14H2,1-4H3,(H,40,41). The summed E-state index contributed by atoms with van der Waals surface area (Å²) in [6.07, 6.45) is -8.95. The number of aliphatic carboxylic acids is 1. The molecule has 2 aromatic rings. The third kappa shape index (κ3) is 7.22. The monoisotopic (exact) mass is 609 g/mol. The number of ketones is 1. The second kappa shape index (κ2) is 11.3. The Morgan fingerprint density at radius 3 is 2.15 bits per heavy atom. The largest absolute Gasteiger partial charge is 0.481 e. The van der Waals surface area contributed by atoms with Gasteiger partial charge in [-0.25, -0.2) is 0 Å². The fourth-order valence-electron chi connectivity index (χ4n) is 5.01. The van der Waals surface area contributed by atoms with Gasteiger partial charge in [0, 0.05) is 6.54 Å². The van der Waals surface area contributed by atoms with Crippen LogP contribution in [0.25, 0.3) is 0 Å². The molecule has 0 radical (unpaired) electrons. The van der Waals surface area contributed by atoms with Crippen molar-refractivity contribution in [2.45, 2.75) is 71.8 Å². The summed E-state index contributed by atoms with van der Waals surface area (Å²) in [6.45, 7) is 5.20. The lowest BCUT2D eigenvalue weighted by molar-refractivity contribution is -0.152. The number of alkyl halides is 6. The van der Waals surface area contributed by atoms with Crippen LogP contribution in [0.15, 0.2) is 24.4 Å². The molecule has 7 nitrogen and oxygen atoms in total. The molecule has 1 amide bonds. The Morgan fingerprint density at radius 2 is 1.66 bits per heavy atom. The molecule has 1 aromatic carbocycles. The van der Waals surface area contributed by atoms with Gasteiger partial charge in [-0.15, -0.1) is 0 Å². The first-order valence-electron chi connectivity index (χ1n) is 12.7. The van der Waals surface area contributed by atoms with Crippen molar-refractivity contribution >= 4 is 29.3 Å². The van der Waals surface area contributed by atoms with Crippen molar-refractivity contribution in [3.8, 4) is 0 Å². The Labute approximate surface area is 237 Å². The van der Waals surface area contributed by atoms with E-state index in [2.05, 4.69) is 5.10 Å². The Kier molecular flexibility index (Phi) is 8.93. The average molecular weight is 610 g/mol. The maximum Gasteiger partial charge on any atom is 0.433 e. The van der Waals surface area contributed by atoms with Crippen LogP contribution in [-0.2, 0) is 17.1 Å². The fraction of sp³-hybridized carbons (Fsp3) is 0.556. The van der Waals surface area contributed by atoms with Crippen LogP contribution < -0.4 is 0 Å². The van der Waals surface area contributed by atoms with Crippen LogP contribution in [0.1, 0.15) is 91.4 Å². The number of halogens is 7. The molecule has 14 heteroatoms. The van der Waals surface area contributed by atoms with Gasteiger partial charge in [0.1, 0.15) is 0 Å². The summed E-state index contributed by atoms with van der Waals surface area (Å²) in [4.78, 5) is 39.1. The summed E-state index contributed by atoms with van der Waals surface area (Å²) >= 11 is 5.93. The van der Waals surface area contributed by atoms with E-state index >= 15 is 0 Å². The number of hydrogen-bond donors (Lipinski definition) is 1. The lowest BCUT2D eigenvalue weighted by Crippen LogP contribution is -2.42. The van der Waals surface area contributed by atoms with Crippen molar-refractivity contribution in [2.24, 2.45) is 10.8 Å². The summed E-state index contributed by atoms with van der Waals surface area (Å²) in [5.41, 5.74) is -6.31. The van der Waals surface area contributed by atoms with Gasteiger partial charge >= 0.3 is 18.3 Å². The molecule has 226 valence electrons. The molecule has 1 aliphatic rings. The minimum Gasteiger partial charge on any atom is -0.481 e. The van der Waals surface area contributed by atoms with E-state index in [1.54, 1.807) is 20.8 Å². The van der Waals surface area contributed by atoms with Gasteiger partial charge in [-0.1, -0.05) is 38.4 Å². The molecular weight excluding hydrogens is 580 g/mol. The SMILES string of the molecule is CC(C)(C)CN(CC(=O)c1c(Cl)cccc1C(F)(F)F)C(=O)c1cnn(C2CCC(C)(C(=O)O)CC2)c1C(F)(F)F. The highest BCUT2D eigenvalue weighted by Gasteiger charge is 2.45. The van der Waals surface area contributed by atoms with Gasteiger partial charge in [0.2, 0.25) is 0 Å². The molecule has 0 bridgehead atoms. The van der Waals surface area contributed by atoms with Crippen LogP contribution >= 0.6 is 11.6 Å². The molecule has 0 spiro atoms. The molecule has 0 aliphatic heterocycles. The lowest BCUT2D eigenvalue weighted by Gasteiger charge is -2.34. The van der Waals surface area contributed by atoms with Crippen molar-refractivity contribution in [3.63, 3.8) is 0 Å². The van der Waals surface area contributed by atoms with E-state index in [-0.39, 0.29) is 32.2 Å². The van der Waals surface area contributed by atoms with Crippen LogP contribution in [0.5, 0.6) is 0 Å². The molecule has 1 saturated carbocycles. The molecule has 1 aliphatic carbocycles. The number of carboxylic acids is 1. The number of amides is 1. The number of nitrogens with zero attached hydrogens (tertiary/aromatic N) is 3. The summed E-state index contributed by atoms with van der Waals surface area (Å²) in [5.74, 6) is -3.49. The van der Waals surface area contributed by atoms with Crippen LogP contribution in [-0.4, -0.2) is 50.5 Å². The third-order valence-electron chi connectivity index (χ3n) is 7.10. The minimum atomic E-state index is -5.06. The first-order valence-corrected chi connectivity index (χ1v) is 13.1. The van der Waals surface area contributed by atoms with E-state index in [0.29, 0.717) is 10.7 Å². The van der Waals surface area contributed by atoms with Gasteiger partial charge in [-0.3, -0.25) is 19.1 Å². The van der Waals surface area contributed by atoms with Crippen molar-refractivity contribution in [1.29, 1.82) is 0 Å². The van der Waals surface area contributed by atoms with E-state index in [4.69, 9.17) is 11.6 Å². The first-order chi connectivity index (χ1) is 18.7. The Balaban J connectivity index is 2.02. The molecule has 41 heavy (non-hydrogen) atoms. The number of carbonyl (C=O) groups is 3. The second-order valence-electron chi connectivity index (χ2n) is 11.8. The number of benzene rings is 1. The Bertz CT molecular complexity index is 1320. The Hall–Kier alpha value is -3.09. The van der Waals surface area contributed by atoms with Gasteiger partial charge in [0.15, 0.2) is 11.5 Å². The molecule has 0 atom stereocenters. The zero-order chi connectivity index (χ0) is 31.1. The maximum absolute atomic E-state index is 14.4. The number of carboxylic acid groups (broad SMARTS) is 1. The van der Waals surface area contributed by atoms with E-state index in [1.807, 2.05) is 0 Å². The molecule has 1 aromatic heterocycles. The Morgan fingerprint density at radius 1 is 1.07 bits per heavy atom. The predicted molar refractivity (Wildman–Crippen MR) is 137 cm³/mol. The second-order valence-corrected chi connectivity index (χ2v) is 12.2. The third-order valence-corrected chi connectivity index (χ3v) is 7.41. The van der Waals surface area contributed by atoms with Crippen LogP contribution in [0.3, 0.4) is 0 Å². The van der Waals surface area contributed by atoms with Gasteiger partial charge in [-0.2, -0.15) is 31.4 Å². The number of hydrogen-bond acceptors (Lipinski definition) is 4. The number of carbonyl (C=O) groups excluding carboxylic acids is 2. The smallest absolute Gasteiger partial charge is 0.433 e. The van der Waals surface area contributed by atoms with Crippen LogP contribution in [0.2, 0.25) is 5.02 Å². The van der Waals surface area contributed by atoms with E-state index in [0.717, 1.165) is 23.2 Å². The van der Waals surface area contributed by atoms with Crippen molar-refractivity contribution in [3.05, 3.63) is 51.8 Å².